The Balaban J connectivity index is 1.80. The highest BCUT2D eigenvalue weighted by Crippen LogP contribution is 2.39. The van der Waals surface area contributed by atoms with Gasteiger partial charge >= 0.3 is 5.97 Å². The molecule has 3 unspecified atom stereocenters. The lowest BCUT2D eigenvalue weighted by Gasteiger charge is -2.39. The minimum atomic E-state index is -0.796. The van der Waals surface area contributed by atoms with Gasteiger partial charge < -0.3 is 9.84 Å². The quantitative estimate of drug-likeness (QED) is 0.777. The second kappa shape index (κ2) is 5.80. The molecule has 2 saturated carbocycles. The Hall–Kier alpha value is -0.610. The van der Waals surface area contributed by atoms with E-state index in [2.05, 4.69) is 26.1 Å². The van der Waals surface area contributed by atoms with Crippen LogP contribution in [0.15, 0.2) is 0 Å². The zero-order chi connectivity index (χ0) is 14.0. The number of ether oxygens (including phenoxy) is 1. The molecule has 0 heterocycles. The minimum absolute atomic E-state index is 0.210. The molecule has 2 aliphatic rings. The van der Waals surface area contributed by atoms with Crippen LogP contribution in [-0.2, 0) is 9.53 Å². The normalized spacial score (nSPS) is 31.9. The van der Waals surface area contributed by atoms with Crippen molar-refractivity contribution in [3.05, 3.63) is 0 Å². The van der Waals surface area contributed by atoms with Crippen LogP contribution in [0.1, 0.15) is 52.9 Å². The number of hydrogen-bond acceptors (Lipinski definition) is 3. The molecular formula is C15H27NO3. The zero-order valence-corrected chi connectivity index (χ0v) is 12.3. The van der Waals surface area contributed by atoms with Crippen molar-refractivity contribution in [2.75, 3.05) is 6.61 Å². The van der Waals surface area contributed by atoms with Crippen molar-refractivity contribution in [2.24, 2.45) is 11.3 Å². The Morgan fingerprint density at radius 3 is 2.63 bits per heavy atom. The van der Waals surface area contributed by atoms with Crippen LogP contribution in [0, 0.1) is 11.3 Å². The molecule has 110 valence electrons. The summed E-state index contributed by atoms with van der Waals surface area (Å²) in [5.74, 6) is -0.136. The third-order valence-corrected chi connectivity index (χ3v) is 4.16. The van der Waals surface area contributed by atoms with E-state index < -0.39 is 12.0 Å². The molecule has 2 fully saturated rings. The largest absolute Gasteiger partial charge is 0.480 e. The molecule has 0 saturated heterocycles. The van der Waals surface area contributed by atoms with E-state index in [0.29, 0.717) is 24.0 Å². The topological polar surface area (TPSA) is 58.6 Å². The van der Waals surface area contributed by atoms with E-state index in [0.717, 1.165) is 25.7 Å². The van der Waals surface area contributed by atoms with Crippen molar-refractivity contribution in [3.8, 4) is 0 Å². The Kier molecular flexibility index (Phi) is 4.51. The predicted molar refractivity (Wildman–Crippen MR) is 74.1 cm³/mol. The SMILES string of the molecule is CC1CC(OCC(NC2CC2)C(=O)O)CC(C)(C)C1. The fourth-order valence-corrected chi connectivity index (χ4v) is 3.34. The van der Waals surface area contributed by atoms with Crippen LogP contribution in [0.25, 0.3) is 0 Å². The molecule has 2 aliphatic carbocycles. The van der Waals surface area contributed by atoms with Gasteiger partial charge in [0, 0.05) is 6.04 Å². The van der Waals surface area contributed by atoms with Crippen LogP contribution in [0.5, 0.6) is 0 Å². The first-order chi connectivity index (χ1) is 8.85. The average molecular weight is 269 g/mol. The molecular weight excluding hydrogens is 242 g/mol. The van der Waals surface area contributed by atoms with Gasteiger partial charge in [-0.25, -0.2) is 0 Å². The molecule has 19 heavy (non-hydrogen) atoms. The monoisotopic (exact) mass is 269 g/mol. The maximum Gasteiger partial charge on any atom is 0.323 e. The van der Waals surface area contributed by atoms with E-state index in [1.165, 1.54) is 6.42 Å². The van der Waals surface area contributed by atoms with Crippen molar-refractivity contribution >= 4 is 5.97 Å². The smallest absolute Gasteiger partial charge is 0.323 e. The molecule has 0 amide bonds. The van der Waals surface area contributed by atoms with Crippen molar-refractivity contribution in [3.63, 3.8) is 0 Å². The Labute approximate surface area is 115 Å². The van der Waals surface area contributed by atoms with Gasteiger partial charge in [0.05, 0.1) is 12.7 Å². The van der Waals surface area contributed by atoms with Gasteiger partial charge in [-0.15, -0.1) is 0 Å². The summed E-state index contributed by atoms with van der Waals surface area (Å²) in [6.07, 6.45) is 5.72. The van der Waals surface area contributed by atoms with Crippen LogP contribution in [0.2, 0.25) is 0 Å². The number of carboxylic acid groups (broad SMARTS) is 1. The molecule has 2 rings (SSSR count). The summed E-state index contributed by atoms with van der Waals surface area (Å²) in [6.45, 7) is 7.10. The molecule has 0 aromatic carbocycles. The highest BCUT2D eigenvalue weighted by atomic mass is 16.5. The summed E-state index contributed by atoms with van der Waals surface area (Å²) in [4.78, 5) is 11.2. The number of rotatable bonds is 6. The maximum atomic E-state index is 11.2. The third kappa shape index (κ3) is 4.77. The van der Waals surface area contributed by atoms with Crippen molar-refractivity contribution < 1.29 is 14.6 Å². The van der Waals surface area contributed by atoms with Gasteiger partial charge in [-0.05, 0) is 43.4 Å². The molecule has 4 nitrogen and oxygen atoms in total. The van der Waals surface area contributed by atoms with Gasteiger partial charge in [0.2, 0.25) is 0 Å². The standard InChI is InChI=1S/C15H27NO3/c1-10-6-12(8-15(2,3)7-10)19-9-13(14(17)18)16-11-4-5-11/h10-13,16H,4-9H2,1-3H3,(H,17,18). The first-order valence-corrected chi connectivity index (χ1v) is 7.46. The van der Waals surface area contributed by atoms with Gasteiger partial charge in [-0.2, -0.15) is 0 Å². The van der Waals surface area contributed by atoms with Gasteiger partial charge in [-0.1, -0.05) is 20.8 Å². The average Bonchev–Trinajstić information content (AvgIpc) is 3.04. The second-order valence-corrected chi connectivity index (χ2v) is 7.20. The van der Waals surface area contributed by atoms with Gasteiger partial charge in [0.1, 0.15) is 6.04 Å². The second-order valence-electron chi connectivity index (χ2n) is 7.20. The van der Waals surface area contributed by atoms with Crippen molar-refractivity contribution in [1.82, 2.24) is 5.32 Å². The molecule has 0 spiro atoms. The highest BCUT2D eigenvalue weighted by Gasteiger charge is 2.34. The first-order valence-electron chi connectivity index (χ1n) is 7.46. The predicted octanol–water partition coefficient (Wildman–Crippen LogP) is 2.42. The van der Waals surface area contributed by atoms with Crippen LogP contribution in [-0.4, -0.2) is 35.9 Å². The molecule has 2 N–H and O–H groups in total. The summed E-state index contributed by atoms with van der Waals surface area (Å²) >= 11 is 0. The van der Waals surface area contributed by atoms with Gasteiger partial charge in [0.15, 0.2) is 0 Å². The zero-order valence-electron chi connectivity index (χ0n) is 12.3. The van der Waals surface area contributed by atoms with E-state index >= 15 is 0 Å². The maximum absolute atomic E-state index is 11.2. The molecule has 0 radical (unpaired) electrons. The lowest BCUT2D eigenvalue weighted by molar-refractivity contribution is -0.142. The van der Waals surface area contributed by atoms with Crippen LogP contribution >= 0.6 is 0 Å². The fourth-order valence-electron chi connectivity index (χ4n) is 3.34. The number of hydrogen-bond donors (Lipinski definition) is 2. The van der Waals surface area contributed by atoms with E-state index in [-0.39, 0.29) is 6.10 Å². The van der Waals surface area contributed by atoms with E-state index in [9.17, 15) is 9.90 Å². The van der Waals surface area contributed by atoms with Gasteiger partial charge in [-0.3, -0.25) is 10.1 Å². The third-order valence-electron chi connectivity index (χ3n) is 4.16. The number of carboxylic acids is 1. The Morgan fingerprint density at radius 2 is 2.11 bits per heavy atom. The lowest BCUT2D eigenvalue weighted by atomic mass is 9.71. The lowest BCUT2D eigenvalue weighted by Crippen LogP contribution is -2.43. The van der Waals surface area contributed by atoms with Crippen LogP contribution in [0.4, 0.5) is 0 Å². The number of nitrogens with one attached hydrogen (secondary N) is 1. The summed E-state index contributed by atoms with van der Waals surface area (Å²) in [5.41, 5.74) is 0.310. The van der Waals surface area contributed by atoms with Crippen LogP contribution in [0.3, 0.4) is 0 Å². The molecule has 3 atom stereocenters. The number of carbonyl (C=O) groups is 1. The summed E-state index contributed by atoms with van der Waals surface area (Å²) in [6, 6.07) is -0.153. The molecule has 0 aliphatic heterocycles. The van der Waals surface area contributed by atoms with E-state index in [4.69, 9.17) is 4.74 Å². The minimum Gasteiger partial charge on any atom is -0.480 e. The molecule has 0 aromatic heterocycles. The number of aliphatic carboxylic acids is 1. The molecule has 0 bridgehead atoms. The fraction of sp³-hybridized carbons (Fsp3) is 0.933. The van der Waals surface area contributed by atoms with Crippen molar-refractivity contribution in [2.45, 2.75) is 71.1 Å². The van der Waals surface area contributed by atoms with E-state index in [1.807, 2.05) is 0 Å². The first kappa shape index (κ1) is 14.8. The molecule has 0 aromatic rings. The van der Waals surface area contributed by atoms with Crippen molar-refractivity contribution in [1.29, 1.82) is 0 Å². The summed E-state index contributed by atoms with van der Waals surface area (Å²) in [7, 11) is 0. The Morgan fingerprint density at radius 1 is 1.42 bits per heavy atom. The van der Waals surface area contributed by atoms with E-state index in [1.54, 1.807) is 0 Å². The molecule has 4 heteroatoms. The Bertz CT molecular complexity index is 325. The van der Waals surface area contributed by atoms with Gasteiger partial charge in [0.25, 0.3) is 0 Å². The highest BCUT2D eigenvalue weighted by molar-refractivity contribution is 5.73. The van der Waals surface area contributed by atoms with Crippen LogP contribution < -0.4 is 5.32 Å². The summed E-state index contributed by atoms with van der Waals surface area (Å²) < 4.78 is 5.90. The summed E-state index contributed by atoms with van der Waals surface area (Å²) in [5, 5.41) is 12.3.